The average molecular weight is 333 g/mol. The van der Waals surface area contributed by atoms with E-state index in [-0.39, 0.29) is 6.42 Å². The third-order valence-electron chi connectivity index (χ3n) is 4.26. The Hall–Kier alpha value is -1.11. The molecule has 7 heteroatoms. The van der Waals surface area contributed by atoms with Gasteiger partial charge in [-0.05, 0) is 25.2 Å². The van der Waals surface area contributed by atoms with Crippen molar-refractivity contribution in [3.63, 3.8) is 0 Å². The molecule has 1 aliphatic rings. The molecule has 0 aliphatic heterocycles. The summed E-state index contributed by atoms with van der Waals surface area (Å²) in [6.07, 6.45) is 4.16. The smallest absolute Gasteiger partial charge is 0.326 e. The average Bonchev–Trinajstić information content (AvgIpc) is 2.44. The predicted octanol–water partition coefficient (Wildman–Crippen LogP) is 1.74. The highest BCUT2D eigenvalue weighted by Crippen LogP contribution is 2.29. The molecule has 0 radical (unpaired) electrons. The molecule has 2 atom stereocenters. The van der Waals surface area contributed by atoms with Crippen molar-refractivity contribution in [2.75, 3.05) is 0 Å². The quantitative estimate of drug-likeness (QED) is 0.739. The zero-order chi connectivity index (χ0) is 16.9. The van der Waals surface area contributed by atoms with Crippen LogP contribution >= 0.6 is 0 Å². The van der Waals surface area contributed by atoms with Crippen LogP contribution in [0.4, 0.5) is 0 Å². The third-order valence-corrected chi connectivity index (χ3v) is 7.12. The van der Waals surface area contributed by atoms with E-state index >= 15 is 0 Å². The lowest BCUT2D eigenvalue weighted by molar-refractivity contribution is -0.141. The second-order valence-corrected chi connectivity index (χ2v) is 8.67. The Bertz CT molecular complexity index is 494. The number of aliphatic carboxylic acids is 1. The molecular weight excluding hydrogens is 306 g/mol. The number of amides is 1. The second-order valence-electron chi connectivity index (χ2n) is 6.32. The first-order valence-electron chi connectivity index (χ1n) is 7.97. The Morgan fingerprint density at radius 3 is 2.14 bits per heavy atom. The van der Waals surface area contributed by atoms with E-state index in [2.05, 4.69) is 5.32 Å². The van der Waals surface area contributed by atoms with E-state index in [1.165, 1.54) is 0 Å². The van der Waals surface area contributed by atoms with Crippen LogP contribution in [0.3, 0.4) is 0 Å². The standard InChI is InChI=1S/C15H27NO5S/c1-4-12(15(18)19)16-14(17)13(10(2)3)22(20,21)11-8-6-5-7-9-11/h10-13H,4-9H2,1-3H3,(H,16,17)(H,18,19). The molecule has 128 valence electrons. The molecule has 0 aromatic carbocycles. The summed E-state index contributed by atoms with van der Waals surface area (Å²) in [5.41, 5.74) is 0. The molecule has 0 aromatic heterocycles. The van der Waals surface area contributed by atoms with Crippen LogP contribution in [0.25, 0.3) is 0 Å². The van der Waals surface area contributed by atoms with E-state index in [0.29, 0.717) is 12.8 Å². The molecule has 2 N–H and O–H groups in total. The summed E-state index contributed by atoms with van der Waals surface area (Å²) < 4.78 is 25.6. The summed E-state index contributed by atoms with van der Waals surface area (Å²) in [7, 11) is -3.61. The number of rotatable bonds is 7. The van der Waals surface area contributed by atoms with E-state index in [1.807, 2.05) is 0 Å². The Morgan fingerprint density at radius 1 is 1.18 bits per heavy atom. The number of carbonyl (C=O) groups is 2. The summed E-state index contributed by atoms with van der Waals surface area (Å²) in [6, 6.07) is -1.05. The van der Waals surface area contributed by atoms with Gasteiger partial charge in [-0.3, -0.25) is 4.79 Å². The van der Waals surface area contributed by atoms with Gasteiger partial charge >= 0.3 is 5.97 Å². The summed E-state index contributed by atoms with van der Waals surface area (Å²) in [5.74, 6) is -2.22. The van der Waals surface area contributed by atoms with Crippen LogP contribution < -0.4 is 5.32 Å². The number of carbonyl (C=O) groups excluding carboxylic acids is 1. The highest BCUT2D eigenvalue weighted by molar-refractivity contribution is 7.93. The topological polar surface area (TPSA) is 101 Å². The molecule has 0 heterocycles. The number of sulfone groups is 1. The Balaban J connectivity index is 2.96. The Kier molecular flexibility index (Phi) is 6.84. The molecule has 1 rings (SSSR count). The van der Waals surface area contributed by atoms with E-state index in [0.717, 1.165) is 19.3 Å². The number of carboxylic acid groups (broad SMARTS) is 1. The van der Waals surface area contributed by atoms with Crippen LogP contribution in [0, 0.1) is 5.92 Å². The third kappa shape index (κ3) is 4.44. The van der Waals surface area contributed by atoms with Crippen LogP contribution in [0.15, 0.2) is 0 Å². The Morgan fingerprint density at radius 2 is 1.73 bits per heavy atom. The van der Waals surface area contributed by atoms with Gasteiger partial charge in [-0.2, -0.15) is 0 Å². The molecule has 1 saturated carbocycles. The maximum Gasteiger partial charge on any atom is 0.326 e. The van der Waals surface area contributed by atoms with Crippen molar-refractivity contribution in [2.45, 2.75) is 75.8 Å². The van der Waals surface area contributed by atoms with E-state index in [9.17, 15) is 18.0 Å². The molecule has 22 heavy (non-hydrogen) atoms. The van der Waals surface area contributed by atoms with Crippen molar-refractivity contribution in [1.82, 2.24) is 5.32 Å². The first kappa shape index (κ1) is 18.9. The molecule has 1 fully saturated rings. The zero-order valence-corrected chi connectivity index (χ0v) is 14.4. The van der Waals surface area contributed by atoms with E-state index in [4.69, 9.17) is 5.11 Å². The van der Waals surface area contributed by atoms with Gasteiger partial charge in [0.25, 0.3) is 0 Å². The fourth-order valence-electron chi connectivity index (χ4n) is 3.02. The number of nitrogens with one attached hydrogen (secondary N) is 1. The van der Waals surface area contributed by atoms with Gasteiger partial charge < -0.3 is 10.4 Å². The maximum atomic E-state index is 12.8. The first-order chi connectivity index (χ1) is 10.2. The summed E-state index contributed by atoms with van der Waals surface area (Å²) in [5, 5.41) is 9.75. The molecule has 6 nitrogen and oxygen atoms in total. The van der Waals surface area contributed by atoms with Crippen molar-refractivity contribution < 1.29 is 23.1 Å². The highest BCUT2D eigenvalue weighted by Gasteiger charge is 2.41. The predicted molar refractivity (Wildman–Crippen MR) is 84.3 cm³/mol. The van der Waals surface area contributed by atoms with Gasteiger partial charge in [-0.1, -0.05) is 40.0 Å². The van der Waals surface area contributed by atoms with Crippen LogP contribution in [0.1, 0.15) is 59.3 Å². The van der Waals surface area contributed by atoms with Gasteiger partial charge in [0.05, 0.1) is 5.25 Å². The van der Waals surface area contributed by atoms with Gasteiger partial charge in [-0.15, -0.1) is 0 Å². The lowest BCUT2D eigenvalue weighted by Gasteiger charge is -2.29. The number of hydrogen-bond donors (Lipinski definition) is 2. The monoisotopic (exact) mass is 333 g/mol. The molecule has 0 saturated heterocycles. The molecule has 0 spiro atoms. The normalized spacial score (nSPS) is 19.6. The second kappa shape index (κ2) is 7.94. The lowest BCUT2D eigenvalue weighted by atomic mass is 10.0. The van der Waals surface area contributed by atoms with Crippen molar-refractivity contribution in [2.24, 2.45) is 5.92 Å². The van der Waals surface area contributed by atoms with Crippen molar-refractivity contribution in [3.05, 3.63) is 0 Å². The van der Waals surface area contributed by atoms with Gasteiger partial charge in [-0.25, -0.2) is 13.2 Å². The molecule has 1 aliphatic carbocycles. The van der Waals surface area contributed by atoms with Crippen molar-refractivity contribution in [3.8, 4) is 0 Å². The minimum absolute atomic E-state index is 0.218. The summed E-state index contributed by atoms with van der Waals surface area (Å²) in [4.78, 5) is 23.4. The number of hydrogen-bond acceptors (Lipinski definition) is 4. The number of carboxylic acids is 1. The minimum atomic E-state index is -3.61. The molecule has 0 bridgehead atoms. The Labute approximate surface area is 132 Å². The lowest BCUT2D eigenvalue weighted by Crippen LogP contribution is -2.51. The fourth-order valence-corrected chi connectivity index (χ4v) is 5.55. The minimum Gasteiger partial charge on any atom is -0.480 e. The van der Waals surface area contributed by atoms with Crippen molar-refractivity contribution >= 4 is 21.7 Å². The molecule has 2 unspecified atom stereocenters. The van der Waals surface area contributed by atoms with Gasteiger partial charge in [0.1, 0.15) is 11.3 Å². The van der Waals surface area contributed by atoms with E-state index in [1.54, 1.807) is 20.8 Å². The summed E-state index contributed by atoms with van der Waals surface area (Å²) >= 11 is 0. The van der Waals surface area contributed by atoms with Crippen molar-refractivity contribution in [1.29, 1.82) is 0 Å². The van der Waals surface area contributed by atoms with Gasteiger partial charge in [0.15, 0.2) is 9.84 Å². The summed E-state index contributed by atoms with van der Waals surface area (Å²) in [6.45, 7) is 5.01. The van der Waals surface area contributed by atoms with Crippen LogP contribution in [-0.4, -0.2) is 41.9 Å². The van der Waals surface area contributed by atoms with Gasteiger partial charge in [0.2, 0.25) is 5.91 Å². The maximum absolute atomic E-state index is 12.8. The molecule has 0 aromatic rings. The molecule has 1 amide bonds. The first-order valence-corrected chi connectivity index (χ1v) is 9.58. The molecular formula is C15H27NO5S. The largest absolute Gasteiger partial charge is 0.480 e. The SMILES string of the molecule is CCC(NC(=O)C(C(C)C)S(=O)(=O)C1CCCCC1)C(=O)O. The van der Waals surface area contributed by atoms with Crippen LogP contribution in [0.5, 0.6) is 0 Å². The highest BCUT2D eigenvalue weighted by atomic mass is 32.2. The van der Waals surface area contributed by atoms with Crippen LogP contribution in [-0.2, 0) is 19.4 Å². The van der Waals surface area contributed by atoms with E-state index < -0.39 is 44.2 Å². The zero-order valence-electron chi connectivity index (χ0n) is 13.5. The fraction of sp³-hybridized carbons (Fsp3) is 0.867. The van der Waals surface area contributed by atoms with Crippen LogP contribution in [0.2, 0.25) is 0 Å². The van der Waals surface area contributed by atoms with Gasteiger partial charge in [0, 0.05) is 0 Å².